The lowest BCUT2D eigenvalue weighted by Gasteiger charge is -2.11. The molecular formula is C21H22ClN3O3S. The predicted octanol–water partition coefficient (Wildman–Crippen LogP) is 4.24. The Kier molecular flexibility index (Phi) is 7.06. The number of nitrogens with one attached hydrogen (secondary N) is 2. The van der Waals surface area contributed by atoms with Crippen molar-refractivity contribution in [2.75, 3.05) is 11.9 Å². The number of amides is 1. The number of benzene rings is 2. The van der Waals surface area contributed by atoms with Crippen LogP contribution in [0.2, 0.25) is 5.02 Å². The van der Waals surface area contributed by atoms with Gasteiger partial charge >= 0.3 is 0 Å². The molecule has 1 heterocycles. The molecule has 0 radical (unpaired) electrons. The van der Waals surface area contributed by atoms with E-state index in [0.29, 0.717) is 29.5 Å². The Bertz CT molecular complexity index is 1030. The van der Waals surface area contributed by atoms with Gasteiger partial charge in [0, 0.05) is 29.8 Å². The van der Waals surface area contributed by atoms with Crippen LogP contribution in [-0.4, -0.2) is 26.7 Å². The second-order valence-corrected chi connectivity index (χ2v) is 8.77. The molecule has 0 atom stereocenters. The lowest BCUT2D eigenvalue weighted by Crippen LogP contribution is -2.30. The molecule has 3 rings (SSSR count). The number of hydrogen-bond donors (Lipinski definition) is 2. The highest BCUT2D eigenvalue weighted by atomic mass is 35.5. The van der Waals surface area contributed by atoms with E-state index >= 15 is 0 Å². The molecule has 8 heteroatoms. The van der Waals surface area contributed by atoms with E-state index in [1.54, 1.807) is 42.5 Å². The summed E-state index contributed by atoms with van der Waals surface area (Å²) in [4.78, 5) is 16.5. The monoisotopic (exact) mass is 431 g/mol. The quantitative estimate of drug-likeness (QED) is 0.694. The lowest BCUT2D eigenvalue weighted by molar-refractivity contribution is -0.111. The van der Waals surface area contributed by atoms with E-state index in [-0.39, 0.29) is 10.8 Å². The second kappa shape index (κ2) is 9.71. The topological polar surface area (TPSA) is 87.6 Å². The fraction of sp³-hybridized carbons (Fsp3) is 0.238. The van der Waals surface area contributed by atoms with Crippen LogP contribution in [0.4, 0.5) is 5.69 Å². The van der Waals surface area contributed by atoms with Crippen LogP contribution in [0.15, 0.2) is 64.5 Å². The van der Waals surface area contributed by atoms with Crippen molar-refractivity contribution in [1.82, 2.24) is 4.72 Å². The van der Waals surface area contributed by atoms with E-state index in [2.05, 4.69) is 15.0 Å². The highest BCUT2D eigenvalue weighted by Gasteiger charge is 2.17. The molecule has 152 valence electrons. The number of amidine groups is 1. The van der Waals surface area contributed by atoms with Crippen LogP contribution in [0.5, 0.6) is 0 Å². The largest absolute Gasteiger partial charge is 0.322 e. The van der Waals surface area contributed by atoms with E-state index < -0.39 is 10.0 Å². The van der Waals surface area contributed by atoms with Gasteiger partial charge < -0.3 is 5.32 Å². The third kappa shape index (κ3) is 6.44. The molecule has 6 nitrogen and oxygen atoms in total. The van der Waals surface area contributed by atoms with Gasteiger partial charge in [0.25, 0.3) is 10.0 Å². The molecular weight excluding hydrogens is 410 g/mol. The van der Waals surface area contributed by atoms with Crippen molar-refractivity contribution in [3.8, 4) is 0 Å². The van der Waals surface area contributed by atoms with Gasteiger partial charge in [-0.25, -0.2) is 8.42 Å². The summed E-state index contributed by atoms with van der Waals surface area (Å²) in [6.07, 6.45) is 6.57. The van der Waals surface area contributed by atoms with Gasteiger partial charge in [-0.15, -0.1) is 0 Å². The van der Waals surface area contributed by atoms with Gasteiger partial charge in [-0.1, -0.05) is 36.2 Å². The van der Waals surface area contributed by atoms with Crippen molar-refractivity contribution in [3.63, 3.8) is 0 Å². The Morgan fingerprint density at radius 3 is 2.66 bits per heavy atom. The van der Waals surface area contributed by atoms with Gasteiger partial charge in [0.05, 0.1) is 4.90 Å². The first-order chi connectivity index (χ1) is 13.9. The molecule has 0 aromatic heterocycles. The number of nitrogens with zero attached hydrogens (tertiary/aromatic N) is 1. The highest BCUT2D eigenvalue weighted by molar-refractivity contribution is 7.90. The average molecular weight is 432 g/mol. The zero-order valence-corrected chi connectivity index (χ0v) is 17.3. The Balaban J connectivity index is 1.67. The fourth-order valence-electron chi connectivity index (χ4n) is 2.84. The number of carbonyl (C=O) groups is 1. The molecule has 0 aliphatic carbocycles. The van der Waals surface area contributed by atoms with Crippen LogP contribution < -0.4 is 10.0 Å². The first-order valence-electron chi connectivity index (χ1n) is 9.33. The molecule has 0 bridgehead atoms. The van der Waals surface area contributed by atoms with Crippen molar-refractivity contribution in [2.45, 2.75) is 30.6 Å². The van der Waals surface area contributed by atoms with Crippen LogP contribution in [0, 0.1) is 0 Å². The van der Waals surface area contributed by atoms with Crippen LogP contribution >= 0.6 is 11.6 Å². The molecule has 1 aliphatic heterocycles. The van der Waals surface area contributed by atoms with Gasteiger partial charge in [-0.2, -0.15) is 0 Å². The molecule has 0 saturated carbocycles. The minimum atomic E-state index is -3.76. The molecule has 2 N–H and O–H groups in total. The zero-order valence-electron chi connectivity index (χ0n) is 15.8. The van der Waals surface area contributed by atoms with E-state index in [9.17, 15) is 13.2 Å². The number of halogens is 1. The summed E-state index contributed by atoms with van der Waals surface area (Å²) in [5, 5.41) is 3.29. The minimum absolute atomic E-state index is 0.0731. The van der Waals surface area contributed by atoms with E-state index in [4.69, 9.17) is 11.6 Å². The Morgan fingerprint density at radius 1 is 1.07 bits per heavy atom. The third-order valence-corrected chi connectivity index (χ3v) is 5.97. The molecule has 0 unspecified atom stereocenters. The van der Waals surface area contributed by atoms with Gasteiger partial charge in [-0.3, -0.25) is 14.5 Å². The smallest absolute Gasteiger partial charge is 0.262 e. The predicted molar refractivity (Wildman–Crippen MR) is 117 cm³/mol. The molecule has 0 spiro atoms. The maximum atomic E-state index is 12.7. The molecule has 0 fully saturated rings. The standard InChI is InChI=1S/C21H22ClN3O3S/c22-17-11-8-16(9-12-17)10-13-21(26)24-18-5-4-6-19(15-18)29(27,28)25-20-7-2-1-3-14-23-20/h4-6,8-13,15H,1-3,7,14H2,(H,23,25)(H,24,26). The van der Waals surface area contributed by atoms with Crippen LogP contribution in [0.3, 0.4) is 0 Å². The minimum Gasteiger partial charge on any atom is -0.322 e. The van der Waals surface area contributed by atoms with Crippen molar-refractivity contribution >= 4 is 45.1 Å². The van der Waals surface area contributed by atoms with Crippen LogP contribution in [-0.2, 0) is 14.8 Å². The van der Waals surface area contributed by atoms with Gasteiger partial charge in [-0.05, 0) is 54.8 Å². The van der Waals surface area contributed by atoms with E-state index in [1.807, 2.05) is 0 Å². The number of aliphatic imine (C=N–C) groups is 1. The van der Waals surface area contributed by atoms with Crippen molar-refractivity contribution in [2.24, 2.45) is 4.99 Å². The second-order valence-electron chi connectivity index (χ2n) is 6.65. The molecule has 0 saturated heterocycles. The number of hydrogen-bond acceptors (Lipinski definition) is 4. The lowest BCUT2D eigenvalue weighted by atomic mass is 10.2. The van der Waals surface area contributed by atoms with Crippen molar-refractivity contribution in [3.05, 3.63) is 65.2 Å². The van der Waals surface area contributed by atoms with E-state index in [0.717, 1.165) is 24.8 Å². The first kappa shape index (κ1) is 21.1. The van der Waals surface area contributed by atoms with Gasteiger partial charge in [0.15, 0.2) is 0 Å². The highest BCUT2D eigenvalue weighted by Crippen LogP contribution is 2.17. The normalized spacial score (nSPS) is 14.9. The third-order valence-electron chi connectivity index (χ3n) is 4.34. The summed E-state index contributed by atoms with van der Waals surface area (Å²) >= 11 is 5.84. The number of sulfonamides is 1. The summed E-state index contributed by atoms with van der Waals surface area (Å²) in [7, 11) is -3.76. The Morgan fingerprint density at radius 2 is 1.86 bits per heavy atom. The van der Waals surface area contributed by atoms with Crippen molar-refractivity contribution in [1.29, 1.82) is 0 Å². The summed E-state index contributed by atoms with van der Waals surface area (Å²) < 4.78 is 27.9. The molecule has 1 amide bonds. The molecule has 2 aromatic carbocycles. The first-order valence-corrected chi connectivity index (χ1v) is 11.2. The summed E-state index contributed by atoms with van der Waals surface area (Å²) in [5.74, 6) is 0.124. The summed E-state index contributed by atoms with van der Waals surface area (Å²) in [6, 6.07) is 13.2. The van der Waals surface area contributed by atoms with Crippen LogP contribution in [0.25, 0.3) is 6.08 Å². The average Bonchev–Trinajstić information content (AvgIpc) is 2.96. The zero-order chi connectivity index (χ0) is 20.7. The fourth-order valence-corrected chi connectivity index (χ4v) is 4.10. The maximum Gasteiger partial charge on any atom is 0.262 e. The maximum absolute atomic E-state index is 12.7. The Labute approximate surface area is 175 Å². The number of carbonyl (C=O) groups excluding carboxylic acids is 1. The van der Waals surface area contributed by atoms with E-state index in [1.165, 1.54) is 18.2 Å². The number of anilines is 1. The Hall–Kier alpha value is -2.64. The number of rotatable bonds is 5. The van der Waals surface area contributed by atoms with Crippen molar-refractivity contribution < 1.29 is 13.2 Å². The summed E-state index contributed by atoms with van der Waals surface area (Å²) in [6.45, 7) is 0.633. The van der Waals surface area contributed by atoms with Crippen LogP contribution in [0.1, 0.15) is 31.2 Å². The molecule has 29 heavy (non-hydrogen) atoms. The van der Waals surface area contributed by atoms with Gasteiger partial charge in [0.2, 0.25) is 5.91 Å². The SMILES string of the molecule is O=C(C=Cc1ccc(Cl)cc1)Nc1cccc(S(=O)(=O)NC2=NCCCCC2)c1. The summed E-state index contributed by atoms with van der Waals surface area (Å²) in [5.41, 5.74) is 1.22. The molecule has 2 aromatic rings. The van der Waals surface area contributed by atoms with Gasteiger partial charge in [0.1, 0.15) is 5.84 Å². The molecule has 1 aliphatic rings.